The monoisotopic (exact) mass is 422 g/mol. The van der Waals surface area contributed by atoms with Gasteiger partial charge in [-0.2, -0.15) is 0 Å². The number of rotatable bonds is 2. The molecule has 1 N–H and O–H groups in total. The molecule has 1 heterocycles. The van der Waals surface area contributed by atoms with Gasteiger partial charge < -0.3 is 9.84 Å². The van der Waals surface area contributed by atoms with Crippen molar-refractivity contribution in [3.05, 3.63) is 24.3 Å². The topological polar surface area (TPSA) is 45.1 Å². The molecule has 0 saturated heterocycles. The van der Waals surface area contributed by atoms with Crippen LogP contribution in [0.4, 0.5) is 5.69 Å². The van der Waals surface area contributed by atoms with E-state index in [-0.39, 0.29) is 29.5 Å². The van der Waals surface area contributed by atoms with Gasteiger partial charge in [0.1, 0.15) is 11.5 Å². The van der Waals surface area contributed by atoms with Crippen LogP contribution in [-0.4, -0.2) is 34.9 Å². The number of ether oxygens (including phenoxy) is 1. The molecule has 1 unspecified atom stereocenters. The highest BCUT2D eigenvalue weighted by atomic mass is 127. The number of anilines is 1. The summed E-state index contributed by atoms with van der Waals surface area (Å²) in [5.41, 5.74) is -0.303. The Kier molecular flexibility index (Phi) is 5.97. The van der Waals surface area contributed by atoms with Gasteiger partial charge in [-0.25, -0.2) is 0 Å². The van der Waals surface area contributed by atoms with Crippen LogP contribution in [0, 0.1) is 0 Å². The van der Waals surface area contributed by atoms with E-state index in [2.05, 4.69) is 0 Å². The minimum absolute atomic E-state index is 0. The van der Waals surface area contributed by atoms with Gasteiger partial charge in [-0.3, -0.25) is 9.89 Å². The molecule has 1 aliphatic heterocycles. The first-order valence-electron chi connectivity index (χ1n) is 6.59. The van der Waals surface area contributed by atoms with Gasteiger partial charge in [0.05, 0.1) is 12.6 Å². The van der Waals surface area contributed by atoms with E-state index >= 15 is 0 Å². The lowest BCUT2D eigenvalue weighted by Gasteiger charge is -2.46. The van der Waals surface area contributed by atoms with Crippen molar-refractivity contribution in [2.45, 2.75) is 38.5 Å². The van der Waals surface area contributed by atoms with Crippen molar-refractivity contribution < 1.29 is 9.84 Å². The molecule has 6 heteroatoms. The van der Waals surface area contributed by atoms with Crippen LogP contribution in [0.5, 0.6) is 5.75 Å². The molecule has 118 valence electrons. The Bertz CT molecular complexity index is 515. The fourth-order valence-electron chi connectivity index (χ4n) is 2.71. The molecule has 0 spiro atoms. The standard InChI is InChI=1S/C15H22N2O2S.HI/c1-14(2)10-15(3,18)17(13(16-14)20-5)11-6-8-12(19-4)9-7-11;/h6-9,18H,10H2,1-5H3;1H. The Morgan fingerprint density at radius 1 is 1.24 bits per heavy atom. The second-order valence-corrected chi connectivity index (χ2v) is 6.61. The zero-order valence-corrected chi connectivity index (χ0v) is 16.2. The normalized spacial score (nSPS) is 24.1. The number of amidine groups is 1. The van der Waals surface area contributed by atoms with E-state index in [4.69, 9.17) is 9.73 Å². The van der Waals surface area contributed by atoms with Crippen molar-refractivity contribution in [1.82, 2.24) is 0 Å². The molecule has 0 saturated carbocycles. The van der Waals surface area contributed by atoms with Crippen molar-refractivity contribution in [2.75, 3.05) is 18.3 Å². The van der Waals surface area contributed by atoms with Crippen molar-refractivity contribution in [3.8, 4) is 5.75 Å². The van der Waals surface area contributed by atoms with Crippen LogP contribution in [0.25, 0.3) is 0 Å². The van der Waals surface area contributed by atoms with Crippen LogP contribution < -0.4 is 9.64 Å². The summed E-state index contributed by atoms with van der Waals surface area (Å²) >= 11 is 1.55. The van der Waals surface area contributed by atoms with Gasteiger partial charge in [0.15, 0.2) is 5.17 Å². The molecular weight excluding hydrogens is 399 g/mol. The van der Waals surface area contributed by atoms with Crippen molar-refractivity contribution in [1.29, 1.82) is 0 Å². The highest BCUT2D eigenvalue weighted by molar-refractivity contribution is 14.0. The number of hydrogen-bond donors (Lipinski definition) is 1. The maximum atomic E-state index is 10.9. The number of aliphatic hydroxyl groups is 1. The van der Waals surface area contributed by atoms with Crippen LogP contribution in [0.2, 0.25) is 0 Å². The van der Waals surface area contributed by atoms with Gasteiger partial charge in [-0.05, 0) is 51.3 Å². The molecule has 4 nitrogen and oxygen atoms in total. The van der Waals surface area contributed by atoms with Crippen molar-refractivity contribution >= 4 is 46.6 Å². The number of thioether (sulfide) groups is 1. The molecule has 21 heavy (non-hydrogen) atoms. The van der Waals surface area contributed by atoms with E-state index in [0.717, 1.165) is 16.6 Å². The minimum Gasteiger partial charge on any atom is -0.497 e. The largest absolute Gasteiger partial charge is 0.497 e. The van der Waals surface area contributed by atoms with E-state index in [0.29, 0.717) is 6.42 Å². The number of hydrogen-bond acceptors (Lipinski definition) is 5. The fraction of sp³-hybridized carbons (Fsp3) is 0.533. The van der Waals surface area contributed by atoms with Crippen LogP contribution in [-0.2, 0) is 0 Å². The lowest BCUT2D eigenvalue weighted by atomic mass is 9.91. The van der Waals surface area contributed by atoms with Gasteiger partial charge in [0.25, 0.3) is 0 Å². The SMILES string of the molecule is COc1ccc(N2C(SC)=NC(C)(C)CC2(C)O)cc1.I. The molecule has 0 bridgehead atoms. The van der Waals surface area contributed by atoms with Crippen LogP contribution in [0.3, 0.4) is 0 Å². The summed E-state index contributed by atoms with van der Waals surface area (Å²) in [6, 6.07) is 7.67. The fourth-order valence-corrected chi connectivity index (χ4v) is 3.53. The number of halogens is 1. The predicted octanol–water partition coefficient (Wildman–Crippen LogP) is 3.73. The molecule has 0 amide bonds. The average molecular weight is 422 g/mol. The third kappa shape index (κ3) is 4.04. The smallest absolute Gasteiger partial charge is 0.166 e. The number of aliphatic imine (C=N–C) groups is 1. The van der Waals surface area contributed by atoms with Gasteiger partial charge in [0.2, 0.25) is 0 Å². The van der Waals surface area contributed by atoms with E-state index in [1.807, 2.05) is 56.2 Å². The highest BCUT2D eigenvalue weighted by Gasteiger charge is 2.42. The Hall–Kier alpha value is -0.470. The zero-order chi connectivity index (χ0) is 15.0. The molecule has 0 fully saturated rings. The van der Waals surface area contributed by atoms with Crippen LogP contribution in [0.15, 0.2) is 29.3 Å². The van der Waals surface area contributed by atoms with Gasteiger partial charge in [-0.15, -0.1) is 24.0 Å². The van der Waals surface area contributed by atoms with Crippen molar-refractivity contribution in [2.24, 2.45) is 4.99 Å². The second-order valence-electron chi connectivity index (χ2n) is 5.84. The zero-order valence-electron chi connectivity index (χ0n) is 13.1. The molecule has 1 atom stereocenters. The van der Waals surface area contributed by atoms with E-state index in [9.17, 15) is 5.11 Å². The summed E-state index contributed by atoms with van der Waals surface area (Å²) in [7, 11) is 1.64. The lowest BCUT2D eigenvalue weighted by molar-refractivity contribution is 0.0369. The molecule has 0 aromatic heterocycles. The third-order valence-corrected chi connectivity index (χ3v) is 3.99. The number of benzene rings is 1. The first-order valence-corrected chi connectivity index (χ1v) is 7.82. The van der Waals surface area contributed by atoms with E-state index in [1.165, 1.54) is 0 Å². The summed E-state index contributed by atoms with van der Waals surface area (Å²) in [4.78, 5) is 6.63. The number of methoxy groups -OCH3 is 1. The average Bonchev–Trinajstić information content (AvgIpc) is 2.36. The molecule has 1 aliphatic rings. The summed E-state index contributed by atoms with van der Waals surface area (Å²) in [5, 5.41) is 11.7. The predicted molar refractivity (Wildman–Crippen MR) is 101 cm³/mol. The molecule has 0 radical (unpaired) electrons. The molecule has 1 aromatic rings. The first-order chi connectivity index (χ1) is 9.29. The van der Waals surface area contributed by atoms with Crippen molar-refractivity contribution in [3.63, 3.8) is 0 Å². The summed E-state index contributed by atoms with van der Waals surface area (Å²) < 4.78 is 5.18. The summed E-state index contributed by atoms with van der Waals surface area (Å²) in [6.07, 6.45) is 2.56. The van der Waals surface area contributed by atoms with Crippen LogP contribution in [0.1, 0.15) is 27.2 Å². The highest BCUT2D eigenvalue weighted by Crippen LogP contribution is 2.38. The number of nitrogens with zero attached hydrogens (tertiary/aromatic N) is 2. The van der Waals surface area contributed by atoms with Gasteiger partial charge in [0, 0.05) is 12.1 Å². The van der Waals surface area contributed by atoms with Crippen LogP contribution >= 0.6 is 35.7 Å². The Morgan fingerprint density at radius 2 is 1.81 bits per heavy atom. The maximum absolute atomic E-state index is 10.9. The molecular formula is C15H23IN2O2S. The maximum Gasteiger partial charge on any atom is 0.166 e. The van der Waals surface area contributed by atoms with E-state index in [1.54, 1.807) is 18.9 Å². The third-order valence-electron chi connectivity index (χ3n) is 3.35. The van der Waals surface area contributed by atoms with Gasteiger partial charge >= 0.3 is 0 Å². The van der Waals surface area contributed by atoms with Gasteiger partial charge in [-0.1, -0.05) is 11.8 Å². The molecule has 1 aromatic carbocycles. The summed E-state index contributed by atoms with van der Waals surface area (Å²) in [5.74, 6) is 0.799. The Balaban J connectivity index is 0.00000220. The minimum atomic E-state index is -0.960. The Labute approximate surface area is 148 Å². The lowest BCUT2D eigenvalue weighted by Crippen LogP contribution is -2.56. The molecule has 2 rings (SSSR count). The first kappa shape index (κ1) is 18.6. The summed E-state index contributed by atoms with van der Waals surface area (Å²) in [6.45, 7) is 5.93. The Morgan fingerprint density at radius 3 is 2.29 bits per heavy atom. The quantitative estimate of drug-likeness (QED) is 0.738. The van der Waals surface area contributed by atoms with E-state index < -0.39 is 5.72 Å². The molecule has 0 aliphatic carbocycles. The second kappa shape index (κ2) is 6.75.